The molecule has 0 spiro atoms. The summed E-state index contributed by atoms with van der Waals surface area (Å²) in [4.78, 5) is 0. The molecule has 222 valence electrons. The Hall–Kier alpha value is -6.06. The molecule has 1 aliphatic heterocycles. The first-order valence-corrected chi connectivity index (χ1v) is 16.2. The Labute approximate surface area is 272 Å². The van der Waals surface area contributed by atoms with E-state index in [4.69, 9.17) is 4.74 Å². The van der Waals surface area contributed by atoms with Crippen molar-refractivity contribution >= 4 is 54.9 Å². The molecule has 0 saturated heterocycles. The van der Waals surface area contributed by atoms with Crippen molar-refractivity contribution in [3.63, 3.8) is 0 Å². The average Bonchev–Trinajstić information content (AvgIpc) is 3.64. The van der Waals surface area contributed by atoms with Crippen molar-refractivity contribution in [3.05, 3.63) is 169 Å². The second-order valence-corrected chi connectivity index (χ2v) is 12.6. The lowest BCUT2D eigenvalue weighted by Gasteiger charge is -2.24. The second kappa shape index (κ2) is 9.97. The molecule has 2 aliphatic rings. The molecular weight excluding hydrogens is 572 g/mol. The fourth-order valence-corrected chi connectivity index (χ4v) is 7.86. The molecule has 0 radical (unpaired) electrons. The van der Waals surface area contributed by atoms with Crippen LogP contribution in [-0.4, -0.2) is 9.13 Å². The van der Waals surface area contributed by atoms with Crippen LogP contribution in [0.1, 0.15) is 23.6 Å². The summed E-state index contributed by atoms with van der Waals surface area (Å²) in [5.74, 6) is 1.56. The van der Waals surface area contributed by atoms with E-state index in [1.165, 1.54) is 66.0 Å². The van der Waals surface area contributed by atoms with Crippen LogP contribution in [0.2, 0.25) is 0 Å². The van der Waals surface area contributed by atoms with Gasteiger partial charge in [-0.1, -0.05) is 110 Å². The molecule has 1 atom stereocenters. The molecule has 2 aromatic heterocycles. The summed E-state index contributed by atoms with van der Waals surface area (Å²) in [6.45, 7) is 4.31. The summed E-state index contributed by atoms with van der Waals surface area (Å²) in [6.07, 6.45) is 7.95. The largest absolute Gasteiger partial charge is 0.457 e. The van der Waals surface area contributed by atoms with E-state index >= 15 is 0 Å². The van der Waals surface area contributed by atoms with E-state index in [9.17, 15) is 0 Å². The van der Waals surface area contributed by atoms with Crippen LogP contribution in [0.25, 0.3) is 71.8 Å². The van der Waals surface area contributed by atoms with Crippen LogP contribution in [0.5, 0.6) is 5.75 Å². The van der Waals surface area contributed by atoms with Crippen molar-refractivity contribution in [1.82, 2.24) is 9.13 Å². The first-order valence-electron chi connectivity index (χ1n) is 16.2. The minimum absolute atomic E-state index is 0.164. The van der Waals surface area contributed by atoms with Crippen molar-refractivity contribution in [2.45, 2.75) is 12.5 Å². The molecule has 3 nitrogen and oxygen atoms in total. The van der Waals surface area contributed by atoms with Gasteiger partial charge in [0.25, 0.3) is 0 Å². The lowest BCUT2D eigenvalue weighted by Crippen LogP contribution is -2.09. The SMILES string of the molecule is C=C1Oc2ccccc2-c2cc3c4ccccc4n(C4C=C(c5ccc(-n6c7ccccc7c7ccccc76)cc5)C=CC4)c3cc21. The summed E-state index contributed by atoms with van der Waals surface area (Å²) < 4.78 is 11.1. The van der Waals surface area contributed by atoms with Gasteiger partial charge in [-0.25, -0.2) is 0 Å². The van der Waals surface area contributed by atoms with E-state index in [0.29, 0.717) is 5.76 Å². The van der Waals surface area contributed by atoms with E-state index in [1.807, 2.05) is 12.1 Å². The summed E-state index contributed by atoms with van der Waals surface area (Å²) >= 11 is 0. The Morgan fingerprint density at radius 3 is 1.96 bits per heavy atom. The lowest BCUT2D eigenvalue weighted by molar-refractivity contribution is 0.513. The Morgan fingerprint density at radius 1 is 0.574 bits per heavy atom. The standard InChI is InChI=1S/C44H30N2O/c1-28-37-27-43-39(26-38(37)36-16-5-9-20-44(36)47-28)35-15-4-8-19-42(35)46(43)32-12-10-11-30(25-32)29-21-23-31(24-22-29)45-40-17-6-2-13-33(40)34-14-3-7-18-41(34)45/h2-11,13-27,32H,1,12H2. The van der Waals surface area contributed by atoms with Gasteiger partial charge in [0.15, 0.2) is 0 Å². The van der Waals surface area contributed by atoms with E-state index in [-0.39, 0.29) is 6.04 Å². The van der Waals surface area contributed by atoms with E-state index in [1.54, 1.807) is 0 Å². The normalized spacial score (nSPS) is 15.6. The summed E-state index contributed by atoms with van der Waals surface area (Å²) in [5.41, 5.74) is 11.8. The third kappa shape index (κ3) is 3.87. The highest BCUT2D eigenvalue weighted by atomic mass is 16.5. The molecule has 1 unspecified atom stereocenters. The molecule has 3 heterocycles. The Kier molecular flexibility index (Phi) is 5.55. The number of aromatic nitrogens is 2. The molecule has 0 bridgehead atoms. The van der Waals surface area contributed by atoms with E-state index in [0.717, 1.165) is 23.3 Å². The Bertz CT molecular complexity index is 2590. The number of para-hydroxylation sites is 4. The third-order valence-corrected chi connectivity index (χ3v) is 9.98. The molecule has 0 amide bonds. The van der Waals surface area contributed by atoms with Crippen molar-refractivity contribution in [1.29, 1.82) is 0 Å². The zero-order valence-electron chi connectivity index (χ0n) is 25.7. The minimum atomic E-state index is 0.164. The number of hydrogen-bond acceptors (Lipinski definition) is 1. The first kappa shape index (κ1) is 26.2. The molecular formula is C44H30N2O. The quantitative estimate of drug-likeness (QED) is 0.197. The van der Waals surface area contributed by atoms with Gasteiger partial charge in [0, 0.05) is 43.9 Å². The van der Waals surface area contributed by atoms with Crippen LogP contribution in [0.4, 0.5) is 0 Å². The number of allylic oxidation sites excluding steroid dienone is 4. The third-order valence-electron chi connectivity index (χ3n) is 9.98. The van der Waals surface area contributed by atoms with Crippen LogP contribution in [0.15, 0.2) is 158 Å². The van der Waals surface area contributed by atoms with Crippen LogP contribution >= 0.6 is 0 Å². The van der Waals surface area contributed by atoms with Gasteiger partial charge in [-0.2, -0.15) is 0 Å². The highest BCUT2D eigenvalue weighted by Gasteiger charge is 2.25. The van der Waals surface area contributed by atoms with Gasteiger partial charge >= 0.3 is 0 Å². The molecule has 0 fully saturated rings. The van der Waals surface area contributed by atoms with Crippen LogP contribution in [0.3, 0.4) is 0 Å². The maximum atomic E-state index is 6.20. The lowest BCUT2D eigenvalue weighted by atomic mass is 9.93. The van der Waals surface area contributed by atoms with Crippen LogP contribution in [0, 0.1) is 0 Å². The average molecular weight is 603 g/mol. The molecule has 10 rings (SSSR count). The topological polar surface area (TPSA) is 19.1 Å². The molecule has 0 N–H and O–H groups in total. The van der Waals surface area contributed by atoms with E-state index < -0.39 is 0 Å². The smallest absolute Gasteiger partial charge is 0.135 e. The van der Waals surface area contributed by atoms with Crippen LogP contribution < -0.4 is 4.74 Å². The molecule has 1 aliphatic carbocycles. The summed E-state index contributed by atoms with van der Waals surface area (Å²) in [6, 6.07) is 48.2. The van der Waals surface area contributed by atoms with Crippen LogP contribution in [-0.2, 0) is 0 Å². The van der Waals surface area contributed by atoms with E-state index in [2.05, 4.69) is 155 Å². The number of nitrogens with zero attached hydrogens (tertiary/aromatic N) is 2. The minimum Gasteiger partial charge on any atom is -0.457 e. The molecule has 8 aromatic rings. The van der Waals surface area contributed by atoms with Crippen molar-refractivity contribution in [2.75, 3.05) is 0 Å². The van der Waals surface area contributed by atoms with Gasteiger partial charge in [-0.15, -0.1) is 0 Å². The molecule has 47 heavy (non-hydrogen) atoms. The summed E-state index contributed by atoms with van der Waals surface area (Å²) in [5, 5.41) is 5.07. The maximum absolute atomic E-state index is 6.20. The fraction of sp³-hybridized carbons (Fsp3) is 0.0455. The zero-order valence-corrected chi connectivity index (χ0v) is 25.7. The Morgan fingerprint density at radius 2 is 1.21 bits per heavy atom. The van der Waals surface area contributed by atoms with Gasteiger partial charge in [-0.05, 0) is 71.7 Å². The fourth-order valence-electron chi connectivity index (χ4n) is 7.86. The van der Waals surface area contributed by atoms with Gasteiger partial charge in [0.05, 0.1) is 22.6 Å². The predicted molar refractivity (Wildman–Crippen MR) is 196 cm³/mol. The number of fused-ring (bicyclic) bond motifs is 9. The summed E-state index contributed by atoms with van der Waals surface area (Å²) in [7, 11) is 0. The van der Waals surface area contributed by atoms with Crippen molar-refractivity contribution in [2.24, 2.45) is 0 Å². The van der Waals surface area contributed by atoms with Crippen molar-refractivity contribution in [3.8, 4) is 22.6 Å². The highest BCUT2D eigenvalue weighted by Crippen LogP contribution is 2.46. The monoisotopic (exact) mass is 602 g/mol. The number of benzene rings is 6. The Balaban J connectivity index is 1.09. The highest BCUT2D eigenvalue weighted by molar-refractivity contribution is 6.12. The zero-order chi connectivity index (χ0) is 31.1. The number of hydrogen-bond donors (Lipinski definition) is 0. The first-order chi connectivity index (χ1) is 23.2. The van der Waals surface area contributed by atoms with Crippen molar-refractivity contribution < 1.29 is 4.74 Å². The molecule has 6 aromatic carbocycles. The number of ether oxygens (including phenoxy) is 1. The van der Waals surface area contributed by atoms with Gasteiger partial charge in [0.2, 0.25) is 0 Å². The molecule has 0 saturated carbocycles. The van der Waals surface area contributed by atoms with Gasteiger partial charge in [0.1, 0.15) is 11.5 Å². The maximum Gasteiger partial charge on any atom is 0.135 e. The predicted octanol–water partition coefficient (Wildman–Crippen LogP) is 11.5. The second-order valence-electron chi connectivity index (χ2n) is 12.6. The number of rotatable bonds is 3. The van der Waals surface area contributed by atoms with Gasteiger partial charge in [-0.3, -0.25) is 0 Å². The molecule has 3 heteroatoms. The van der Waals surface area contributed by atoms with Gasteiger partial charge < -0.3 is 13.9 Å².